The molecular formula is C13H14N2. The molecule has 0 fully saturated rings. The Balaban J connectivity index is 2.15. The smallest absolute Gasteiger partial charge is 0.109 e. The number of imidazole rings is 1. The third kappa shape index (κ3) is 1.21. The lowest BCUT2D eigenvalue weighted by atomic mass is 10.1. The highest BCUT2D eigenvalue weighted by Crippen LogP contribution is 2.35. The molecule has 0 saturated heterocycles. The second-order valence-corrected chi connectivity index (χ2v) is 4.43. The van der Waals surface area contributed by atoms with Gasteiger partial charge in [0.15, 0.2) is 0 Å². The maximum Gasteiger partial charge on any atom is 0.109 e. The zero-order valence-electron chi connectivity index (χ0n) is 9.04. The highest BCUT2D eigenvalue weighted by molar-refractivity contribution is 5.72. The molecule has 1 aromatic heterocycles. The van der Waals surface area contributed by atoms with Gasteiger partial charge in [-0.25, -0.2) is 4.98 Å². The fourth-order valence-electron chi connectivity index (χ4n) is 2.15. The van der Waals surface area contributed by atoms with E-state index < -0.39 is 0 Å². The van der Waals surface area contributed by atoms with E-state index in [4.69, 9.17) is 0 Å². The maximum atomic E-state index is 4.65. The van der Waals surface area contributed by atoms with Crippen LogP contribution in [0.4, 0.5) is 0 Å². The Labute approximate surface area is 89.4 Å². The molecule has 1 N–H and O–H groups in total. The summed E-state index contributed by atoms with van der Waals surface area (Å²) in [5.74, 6) is 1.58. The van der Waals surface area contributed by atoms with Crippen LogP contribution in [0.25, 0.3) is 11.3 Å². The van der Waals surface area contributed by atoms with Crippen molar-refractivity contribution in [2.45, 2.75) is 26.2 Å². The second kappa shape index (κ2) is 2.96. The summed E-state index contributed by atoms with van der Waals surface area (Å²) in [7, 11) is 0. The van der Waals surface area contributed by atoms with Gasteiger partial charge in [-0.05, 0) is 5.56 Å². The molecular weight excluding hydrogens is 184 g/mol. The molecule has 1 aliphatic rings. The highest BCUT2D eigenvalue weighted by Gasteiger charge is 2.22. The van der Waals surface area contributed by atoms with Crippen molar-refractivity contribution >= 4 is 0 Å². The van der Waals surface area contributed by atoms with Gasteiger partial charge in [0.2, 0.25) is 0 Å². The summed E-state index contributed by atoms with van der Waals surface area (Å²) in [6, 6.07) is 8.53. The van der Waals surface area contributed by atoms with Crippen LogP contribution in [0, 0.1) is 0 Å². The first-order valence-corrected chi connectivity index (χ1v) is 5.43. The van der Waals surface area contributed by atoms with E-state index >= 15 is 0 Å². The van der Waals surface area contributed by atoms with Crippen molar-refractivity contribution in [3.63, 3.8) is 0 Å². The number of nitrogens with one attached hydrogen (secondary N) is 1. The molecule has 2 aromatic rings. The van der Waals surface area contributed by atoms with Crippen molar-refractivity contribution in [2.75, 3.05) is 0 Å². The van der Waals surface area contributed by atoms with Crippen LogP contribution in [0.3, 0.4) is 0 Å². The molecule has 2 nitrogen and oxygen atoms in total. The van der Waals surface area contributed by atoms with Crippen LogP contribution >= 0.6 is 0 Å². The first kappa shape index (κ1) is 8.72. The number of hydrogen-bond donors (Lipinski definition) is 1. The number of aromatic nitrogens is 2. The van der Waals surface area contributed by atoms with Gasteiger partial charge in [-0.1, -0.05) is 38.1 Å². The van der Waals surface area contributed by atoms with Crippen LogP contribution in [0.15, 0.2) is 24.3 Å². The lowest BCUT2D eigenvalue weighted by molar-refractivity contribution is 0.789. The van der Waals surface area contributed by atoms with Crippen molar-refractivity contribution in [3.05, 3.63) is 41.3 Å². The van der Waals surface area contributed by atoms with Gasteiger partial charge < -0.3 is 4.98 Å². The van der Waals surface area contributed by atoms with Gasteiger partial charge >= 0.3 is 0 Å². The van der Waals surface area contributed by atoms with E-state index in [0.29, 0.717) is 5.92 Å². The fourth-order valence-corrected chi connectivity index (χ4v) is 2.15. The Hall–Kier alpha value is -1.57. The summed E-state index contributed by atoms with van der Waals surface area (Å²) < 4.78 is 0. The van der Waals surface area contributed by atoms with Gasteiger partial charge in [-0.3, -0.25) is 0 Å². The molecule has 0 amide bonds. The van der Waals surface area contributed by atoms with Crippen molar-refractivity contribution < 1.29 is 0 Å². The lowest BCUT2D eigenvalue weighted by Gasteiger charge is -2.01. The summed E-state index contributed by atoms with van der Waals surface area (Å²) in [6.07, 6.45) is 0.981. The van der Waals surface area contributed by atoms with Crippen LogP contribution in [-0.4, -0.2) is 9.97 Å². The van der Waals surface area contributed by atoms with E-state index in [1.165, 1.54) is 22.5 Å². The number of nitrogens with zero attached hydrogens (tertiary/aromatic N) is 1. The van der Waals surface area contributed by atoms with E-state index in [9.17, 15) is 0 Å². The van der Waals surface area contributed by atoms with Gasteiger partial charge in [0.1, 0.15) is 5.82 Å². The normalized spacial score (nSPS) is 13.0. The lowest BCUT2D eigenvalue weighted by Crippen LogP contribution is -1.92. The van der Waals surface area contributed by atoms with Gasteiger partial charge in [0.05, 0.1) is 11.4 Å². The van der Waals surface area contributed by atoms with Gasteiger partial charge in [0, 0.05) is 17.9 Å². The minimum Gasteiger partial charge on any atom is -0.342 e. The first-order chi connectivity index (χ1) is 7.25. The van der Waals surface area contributed by atoms with E-state index in [-0.39, 0.29) is 0 Å². The number of fused-ring (bicyclic) bond motifs is 3. The Bertz CT molecular complexity index is 509. The van der Waals surface area contributed by atoms with E-state index in [1.54, 1.807) is 0 Å². The van der Waals surface area contributed by atoms with Crippen LogP contribution in [0.1, 0.15) is 36.8 Å². The number of aromatic amines is 1. The monoisotopic (exact) mass is 198 g/mol. The predicted molar refractivity (Wildman–Crippen MR) is 60.9 cm³/mol. The maximum absolute atomic E-state index is 4.65. The molecule has 3 rings (SSSR count). The molecule has 15 heavy (non-hydrogen) atoms. The predicted octanol–water partition coefficient (Wildman–Crippen LogP) is 3.10. The second-order valence-electron chi connectivity index (χ2n) is 4.43. The number of benzene rings is 1. The zero-order valence-corrected chi connectivity index (χ0v) is 9.04. The van der Waals surface area contributed by atoms with Crippen LogP contribution in [0.2, 0.25) is 0 Å². The molecule has 76 valence electrons. The number of H-pyrrole nitrogens is 1. The Morgan fingerprint density at radius 3 is 2.87 bits per heavy atom. The quantitative estimate of drug-likeness (QED) is 0.639. The Kier molecular flexibility index (Phi) is 1.72. The van der Waals surface area contributed by atoms with E-state index in [0.717, 1.165) is 12.2 Å². The van der Waals surface area contributed by atoms with Crippen LogP contribution in [-0.2, 0) is 6.42 Å². The summed E-state index contributed by atoms with van der Waals surface area (Å²) >= 11 is 0. The van der Waals surface area contributed by atoms with Crippen LogP contribution in [0.5, 0.6) is 0 Å². The fraction of sp³-hybridized carbons (Fsp3) is 0.308. The van der Waals surface area contributed by atoms with Gasteiger partial charge in [0.25, 0.3) is 0 Å². The summed E-state index contributed by atoms with van der Waals surface area (Å²) in [4.78, 5) is 8.09. The average molecular weight is 198 g/mol. The van der Waals surface area contributed by atoms with Crippen molar-refractivity contribution in [1.29, 1.82) is 0 Å². The molecule has 2 heteroatoms. The minimum atomic E-state index is 0.475. The van der Waals surface area contributed by atoms with Crippen LogP contribution < -0.4 is 0 Å². The standard InChI is InChI=1S/C13H14N2/c1-8(2)13-14-11-7-9-5-3-4-6-10(9)12(11)15-13/h3-6,8H,7H2,1-2H3,(H,14,15). The molecule has 0 unspecified atom stereocenters. The molecule has 0 bridgehead atoms. The SMILES string of the molecule is CC(C)c1nc2c([nH]1)-c1ccccc1C2. The zero-order chi connectivity index (χ0) is 10.4. The molecule has 0 aliphatic heterocycles. The Morgan fingerprint density at radius 1 is 1.27 bits per heavy atom. The third-order valence-corrected chi connectivity index (χ3v) is 2.99. The Morgan fingerprint density at radius 2 is 2.07 bits per heavy atom. The summed E-state index contributed by atoms with van der Waals surface area (Å²) in [5.41, 5.74) is 5.16. The largest absolute Gasteiger partial charge is 0.342 e. The molecule has 0 atom stereocenters. The average Bonchev–Trinajstić information content (AvgIpc) is 2.73. The van der Waals surface area contributed by atoms with Crippen molar-refractivity contribution in [2.24, 2.45) is 0 Å². The number of rotatable bonds is 1. The van der Waals surface area contributed by atoms with Gasteiger partial charge in [-0.15, -0.1) is 0 Å². The van der Waals surface area contributed by atoms with Gasteiger partial charge in [-0.2, -0.15) is 0 Å². The minimum absolute atomic E-state index is 0.475. The number of hydrogen-bond acceptors (Lipinski definition) is 1. The van der Waals surface area contributed by atoms with Crippen molar-refractivity contribution in [3.8, 4) is 11.3 Å². The van der Waals surface area contributed by atoms with Crippen molar-refractivity contribution in [1.82, 2.24) is 9.97 Å². The summed E-state index contributed by atoms with van der Waals surface area (Å²) in [6.45, 7) is 4.33. The highest BCUT2D eigenvalue weighted by atomic mass is 14.9. The molecule has 1 heterocycles. The summed E-state index contributed by atoms with van der Waals surface area (Å²) in [5, 5.41) is 0. The molecule has 0 spiro atoms. The molecule has 1 aliphatic carbocycles. The molecule has 0 saturated carbocycles. The first-order valence-electron chi connectivity index (χ1n) is 5.43. The molecule has 1 aromatic carbocycles. The third-order valence-electron chi connectivity index (χ3n) is 2.99. The van der Waals surface area contributed by atoms with E-state index in [1.807, 2.05) is 0 Å². The topological polar surface area (TPSA) is 28.7 Å². The van der Waals surface area contributed by atoms with E-state index in [2.05, 4.69) is 48.1 Å². The molecule has 0 radical (unpaired) electrons.